The first-order valence-corrected chi connectivity index (χ1v) is 5.97. The molecule has 0 unspecified atom stereocenters. The molecule has 0 saturated carbocycles. The van der Waals surface area contributed by atoms with E-state index in [2.05, 4.69) is 0 Å². The van der Waals surface area contributed by atoms with Gasteiger partial charge in [0.05, 0.1) is 19.9 Å². The fraction of sp³-hybridized carbons (Fsp3) is 0.133. The topological polar surface area (TPSA) is 59.0 Å². The third-order valence-corrected chi connectivity index (χ3v) is 2.82. The molecular formula is C15H15NO4. The summed E-state index contributed by atoms with van der Waals surface area (Å²) < 4.78 is 10.2. The minimum Gasteiger partial charge on any atom is -0.493 e. The lowest BCUT2D eigenvalue weighted by Gasteiger charge is -2.16. The van der Waals surface area contributed by atoms with Crippen molar-refractivity contribution in [3.63, 3.8) is 0 Å². The van der Waals surface area contributed by atoms with Gasteiger partial charge in [0.25, 0.3) is 5.91 Å². The Bertz CT molecular complexity index is 598. The number of ether oxygens (including phenoxy) is 2. The Kier molecular flexibility index (Phi) is 4.22. The number of hydrogen-bond acceptors (Lipinski definition) is 4. The van der Waals surface area contributed by atoms with Crippen molar-refractivity contribution < 1.29 is 19.5 Å². The van der Waals surface area contributed by atoms with Gasteiger partial charge in [-0.2, -0.15) is 5.06 Å². The number of hydrogen-bond donors (Lipinski definition) is 1. The largest absolute Gasteiger partial charge is 0.493 e. The van der Waals surface area contributed by atoms with Gasteiger partial charge in [-0.1, -0.05) is 18.2 Å². The fourth-order valence-corrected chi connectivity index (χ4v) is 1.78. The number of hydroxylamine groups is 1. The molecular weight excluding hydrogens is 258 g/mol. The van der Waals surface area contributed by atoms with Crippen LogP contribution in [0.15, 0.2) is 48.5 Å². The summed E-state index contributed by atoms with van der Waals surface area (Å²) in [5, 5.41) is 10.5. The first-order valence-electron chi connectivity index (χ1n) is 5.97. The van der Waals surface area contributed by atoms with Crippen LogP contribution in [0, 0.1) is 0 Å². The summed E-state index contributed by atoms with van der Waals surface area (Å²) in [5.74, 6) is 0.408. The highest BCUT2D eigenvalue weighted by Gasteiger charge is 2.17. The number of anilines is 1. The maximum atomic E-state index is 12.2. The van der Waals surface area contributed by atoms with Gasteiger partial charge >= 0.3 is 0 Å². The van der Waals surface area contributed by atoms with E-state index >= 15 is 0 Å². The number of carbonyl (C=O) groups is 1. The van der Waals surface area contributed by atoms with Gasteiger partial charge in [0.2, 0.25) is 0 Å². The highest BCUT2D eigenvalue weighted by Crippen LogP contribution is 2.28. The molecule has 20 heavy (non-hydrogen) atoms. The van der Waals surface area contributed by atoms with E-state index in [1.165, 1.54) is 20.3 Å². The van der Waals surface area contributed by atoms with Crippen molar-refractivity contribution >= 4 is 11.6 Å². The van der Waals surface area contributed by atoms with Gasteiger partial charge in [-0.25, -0.2) is 0 Å². The molecule has 5 nitrogen and oxygen atoms in total. The molecule has 0 aromatic heterocycles. The maximum absolute atomic E-state index is 12.2. The summed E-state index contributed by atoms with van der Waals surface area (Å²) in [4.78, 5) is 12.2. The van der Waals surface area contributed by atoms with Crippen LogP contribution in [0.5, 0.6) is 11.5 Å². The van der Waals surface area contributed by atoms with Gasteiger partial charge in [0.1, 0.15) is 0 Å². The third kappa shape index (κ3) is 2.73. The van der Waals surface area contributed by atoms with Crippen molar-refractivity contribution in [1.29, 1.82) is 0 Å². The molecule has 1 amide bonds. The summed E-state index contributed by atoms with van der Waals surface area (Å²) in [6.45, 7) is 0. The van der Waals surface area contributed by atoms with Crippen LogP contribution in [0.2, 0.25) is 0 Å². The third-order valence-electron chi connectivity index (χ3n) is 2.82. The van der Waals surface area contributed by atoms with Gasteiger partial charge in [-0.05, 0) is 30.3 Å². The summed E-state index contributed by atoms with van der Waals surface area (Å²) in [6.07, 6.45) is 0. The number of carbonyl (C=O) groups excluding carboxylic acids is 1. The molecule has 0 aliphatic carbocycles. The number of benzene rings is 2. The molecule has 2 rings (SSSR count). The molecule has 5 heteroatoms. The quantitative estimate of drug-likeness (QED) is 0.687. The minimum atomic E-state index is -0.544. The van der Waals surface area contributed by atoms with Crippen molar-refractivity contribution in [3.8, 4) is 11.5 Å². The molecule has 0 spiro atoms. The smallest absolute Gasteiger partial charge is 0.282 e. The Morgan fingerprint density at radius 2 is 1.65 bits per heavy atom. The first kappa shape index (κ1) is 13.9. The van der Waals surface area contributed by atoms with E-state index in [4.69, 9.17) is 9.47 Å². The van der Waals surface area contributed by atoms with Crippen molar-refractivity contribution in [1.82, 2.24) is 0 Å². The zero-order valence-electron chi connectivity index (χ0n) is 11.2. The van der Waals surface area contributed by atoms with Crippen molar-refractivity contribution in [2.75, 3.05) is 19.3 Å². The molecule has 1 N–H and O–H groups in total. The van der Waals surface area contributed by atoms with E-state index in [1.807, 2.05) is 0 Å². The molecule has 0 aliphatic rings. The molecule has 0 atom stereocenters. The second-order valence-electron chi connectivity index (χ2n) is 4.02. The number of methoxy groups -OCH3 is 2. The van der Waals surface area contributed by atoms with Crippen LogP contribution >= 0.6 is 0 Å². The molecule has 104 valence electrons. The lowest BCUT2D eigenvalue weighted by Crippen LogP contribution is -2.26. The molecule has 0 aliphatic heterocycles. The van der Waals surface area contributed by atoms with Crippen LogP contribution in [0.1, 0.15) is 10.4 Å². The predicted molar refractivity (Wildman–Crippen MR) is 74.6 cm³/mol. The van der Waals surface area contributed by atoms with Crippen molar-refractivity contribution in [3.05, 3.63) is 54.1 Å². The Morgan fingerprint density at radius 3 is 2.25 bits per heavy atom. The maximum Gasteiger partial charge on any atom is 0.282 e. The van der Waals surface area contributed by atoms with Crippen LogP contribution < -0.4 is 14.5 Å². The SMILES string of the molecule is COc1ccc(C(=O)N(O)c2ccccc2)cc1OC. The van der Waals surface area contributed by atoms with Crippen LogP contribution in [0.25, 0.3) is 0 Å². The Labute approximate surface area is 116 Å². The lowest BCUT2D eigenvalue weighted by atomic mass is 10.1. The Balaban J connectivity index is 2.29. The Hall–Kier alpha value is -2.53. The van der Waals surface area contributed by atoms with E-state index in [0.29, 0.717) is 27.8 Å². The standard InChI is InChI=1S/C15H15NO4/c1-19-13-9-8-11(10-14(13)20-2)15(17)16(18)12-6-4-3-5-7-12/h3-10,18H,1-2H3. The first-order chi connectivity index (χ1) is 9.67. The number of para-hydroxylation sites is 1. The normalized spacial score (nSPS) is 9.95. The number of nitrogens with zero attached hydrogens (tertiary/aromatic N) is 1. The van der Waals surface area contributed by atoms with Gasteiger partial charge in [0.15, 0.2) is 11.5 Å². The monoisotopic (exact) mass is 273 g/mol. The van der Waals surface area contributed by atoms with Gasteiger partial charge in [-0.3, -0.25) is 10.0 Å². The number of rotatable bonds is 4. The Morgan fingerprint density at radius 1 is 1.00 bits per heavy atom. The lowest BCUT2D eigenvalue weighted by molar-refractivity contribution is 0.0854. The molecule has 0 saturated heterocycles. The summed E-state index contributed by atoms with van der Waals surface area (Å²) in [5.41, 5.74) is 0.696. The van der Waals surface area contributed by atoms with Crippen molar-refractivity contribution in [2.45, 2.75) is 0 Å². The molecule has 0 fully saturated rings. The predicted octanol–water partition coefficient (Wildman–Crippen LogP) is 2.74. The minimum absolute atomic E-state index is 0.300. The van der Waals surface area contributed by atoms with Crippen LogP contribution in [-0.4, -0.2) is 25.3 Å². The van der Waals surface area contributed by atoms with Gasteiger partial charge in [-0.15, -0.1) is 0 Å². The van der Waals surface area contributed by atoms with Crippen molar-refractivity contribution in [2.24, 2.45) is 0 Å². The second kappa shape index (κ2) is 6.08. The molecule has 0 bridgehead atoms. The zero-order chi connectivity index (χ0) is 14.5. The van der Waals surface area contributed by atoms with E-state index in [9.17, 15) is 10.0 Å². The molecule has 0 radical (unpaired) electrons. The fourth-order valence-electron chi connectivity index (χ4n) is 1.78. The van der Waals surface area contributed by atoms with Crippen LogP contribution in [-0.2, 0) is 0 Å². The molecule has 2 aromatic carbocycles. The average Bonchev–Trinajstić information content (AvgIpc) is 2.53. The average molecular weight is 273 g/mol. The highest BCUT2D eigenvalue weighted by molar-refractivity contribution is 6.04. The number of amides is 1. The van der Waals surface area contributed by atoms with E-state index in [1.54, 1.807) is 42.5 Å². The van der Waals surface area contributed by atoms with Gasteiger partial charge < -0.3 is 9.47 Å². The zero-order valence-corrected chi connectivity index (χ0v) is 11.2. The summed E-state index contributed by atoms with van der Waals surface area (Å²) in [7, 11) is 3.00. The van der Waals surface area contributed by atoms with E-state index in [-0.39, 0.29) is 0 Å². The van der Waals surface area contributed by atoms with Crippen LogP contribution in [0.4, 0.5) is 5.69 Å². The van der Waals surface area contributed by atoms with E-state index < -0.39 is 5.91 Å². The van der Waals surface area contributed by atoms with Gasteiger partial charge in [0, 0.05) is 5.56 Å². The molecule has 0 heterocycles. The summed E-state index contributed by atoms with van der Waals surface area (Å²) in [6, 6.07) is 13.3. The summed E-state index contributed by atoms with van der Waals surface area (Å²) >= 11 is 0. The van der Waals surface area contributed by atoms with E-state index in [0.717, 1.165) is 0 Å². The molecule has 2 aromatic rings. The van der Waals surface area contributed by atoms with Crippen LogP contribution in [0.3, 0.4) is 0 Å². The highest BCUT2D eigenvalue weighted by atomic mass is 16.5. The second-order valence-corrected chi connectivity index (χ2v) is 4.02.